The van der Waals surface area contributed by atoms with Gasteiger partial charge in [0, 0.05) is 6.42 Å². The summed E-state index contributed by atoms with van der Waals surface area (Å²) in [5.74, 6) is 0.406. The van der Waals surface area contributed by atoms with E-state index < -0.39 is 0 Å². The molecule has 0 aliphatic rings. The lowest BCUT2D eigenvalue weighted by molar-refractivity contribution is -0.898. The van der Waals surface area contributed by atoms with Crippen LogP contribution in [-0.4, -0.2) is 36.9 Å². The zero-order valence-corrected chi connectivity index (χ0v) is 8.89. The summed E-state index contributed by atoms with van der Waals surface area (Å²) in [6, 6.07) is 0. The minimum atomic E-state index is 0.406. The molecule has 0 aromatic heterocycles. The van der Waals surface area contributed by atoms with Gasteiger partial charge in [0.2, 0.25) is 0 Å². The maximum absolute atomic E-state index is 11.4. The molecule has 0 saturated carbocycles. The molecular formula is C10H22NO+. The summed E-state index contributed by atoms with van der Waals surface area (Å²) < 4.78 is 0.888. The summed E-state index contributed by atoms with van der Waals surface area (Å²) in [5.41, 5.74) is 0. The highest BCUT2D eigenvalue weighted by atomic mass is 16.1. The topological polar surface area (TPSA) is 17.1 Å². The van der Waals surface area contributed by atoms with E-state index in [1.165, 1.54) is 0 Å². The Bertz CT molecular complexity index is 139. The van der Waals surface area contributed by atoms with Gasteiger partial charge >= 0.3 is 0 Å². The number of Topliss-reactive ketones (excluding diaryl/α,β-unsaturated/α-hetero) is 1. The maximum atomic E-state index is 11.4. The molecule has 0 unspecified atom stereocenters. The van der Waals surface area contributed by atoms with E-state index in [1.807, 2.05) is 0 Å². The fourth-order valence-corrected chi connectivity index (χ4v) is 1.23. The lowest BCUT2D eigenvalue weighted by Gasteiger charge is -2.31. The quantitative estimate of drug-likeness (QED) is 0.559. The van der Waals surface area contributed by atoms with Crippen LogP contribution in [0.15, 0.2) is 0 Å². The zero-order chi connectivity index (χ0) is 9.61. The van der Waals surface area contributed by atoms with Crippen molar-refractivity contribution in [1.82, 2.24) is 0 Å². The van der Waals surface area contributed by atoms with Gasteiger partial charge in [0.05, 0.1) is 20.1 Å². The molecule has 0 aromatic rings. The Balaban J connectivity index is 3.93. The van der Waals surface area contributed by atoms with E-state index in [0.717, 1.165) is 30.4 Å². The number of likely N-dealkylation sites (N-methyl/N-ethyl adjacent to an activating group) is 1. The third kappa shape index (κ3) is 3.86. The fourth-order valence-electron chi connectivity index (χ4n) is 1.23. The van der Waals surface area contributed by atoms with Crippen LogP contribution in [0.1, 0.15) is 33.6 Å². The van der Waals surface area contributed by atoms with Gasteiger partial charge in [-0.25, -0.2) is 0 Å². The van der Waals surface area contributed by atoms with Crippen molar-refractivity contribution in [2.24, 2.45) is 0 Å². The molecular weight excluding hydrogens is 150 g/mol. The fraction of sp³-hybridized carbons (Fsp3) is 0.900. The average Bonchev–Trinajstić information content (AvgIpc) is 2.05. The molecule has 0 aliphatic heterocycles. The second kappa shape index (κ2) is 5.31. The molecule has 0 N–H and O–H groups in total. The minimum absolute atomic E-state index is 0.406. The normalized spacial score (nSPS) is 11.7. The van der Waals surface area contributed by atoms with E-state index in [2.05, 4.69) is 27.8 Å². The number of carbonyl (C=O) groups excluding carboxylic acids is 1. The number of nitrogens with zero attached hydrogens (tertiary/aromatic N) is 1. The van der Waals surface area contributed by atoms with Crippen LogP contribution in [0.2, 0.25) is 0 Å². The van der Waals surface area contributed by atoms with Crippen molar-refractivity contribution in [2.75, 3.05) is 26.7 Å². The van der Waals surface area contributed by atoms with E-state index in [1.54, 1.807) is 0 Å². The first-order valence-electron chi connectivity index (χ1n) is 4.93. The molecule has 2 nitrogen and oxygen atoms in total. The first-order chi connectivity index (χ1) is 5.58. The Hall–Kier alpha value is -0.370. The third-order valence-electron chi connectivity index (χ3n) is 2.61. The summed E-state index contributed by atoms with van der Waals surface area (Å²) in [5, 5.41) is 0. The molecule has 0 amide bonds. The number of hydrogen-bond acceptors (Lipinski definition) is 1. The molecule has 0 saturated heterocycles. The van der Waals surface area contributed by atoms with Crippen molar-refractivity contribution in [3.05, 3.63) is 0 Å². The number of rotatable bonds is 6. The van der Waals surface area contributed by atoms with Crippen LogP contribution >= 0.6 is 0 Å². The van der Waals surface area contributed by atoms with Gasteiger partial charge in [0.15, 0.2) is 5.78 Å². The first-order valence-corrected chi connectivity index (χ1v) is 4.93. The third-order valence-corrected chi connectivity index (χ3v) is 2.61. The highest BCUT2D eigenvalue weighted by Gasteiger charge is 2.19. The molecule has 0 heterocycles. The van der Waals surface area contributed by atoms with Gasteiger partial charge in [-0.05, 0) is 20.3 Å². The molecule has 2 heteroatoms. The lowest BCUT2D eigenvalue weighted by Crippen LogP contribution is -2.47. The summed E-state index contributed by atoms with van der Waals surface area (Å²) in [4.78, 5) is 11.4. The van der Waals surface area contributed by atoms with Crippen molar-refractivity contribution in [3.8, 4) is 0 Å². The van der Waals surface area contributed by atoms with Crippen LogP contribution in [0.25, 0.3) is 0 Å². The summed E-state index contributed by atoms with van der Waals surface area (Å²) in [6.07, 6.45) is 1.72. The van der Waals surface area contributed by atoms with E-state index in [-0.39, 0.29) is 0 Å². The van der Waals surface area contributed by atoms with Gasteiger partial charge in [-0.3, -0.25) is 4.79 Å². The Morgan fingerprint density at radius 2 is 1.67 bits per heavy atom. The molecule has 0 bridgehead atoms. The predicted octanol–water partition coefficient (Wildman–Crippen LogP) is 1.84. The van der Waals surface area contributed by atoms with Gasteiger partial charge in [-0.1, -0.05) is 6.92 Å². The van der Waals surface area contributed by atoms with Gasteiger partial charge in [0.1, 0.15) is 6.54 Å². The van der Waals surface area contributed by atoms with Gasteiger partial charge < -0.3 is 4.48 Å². The highest BCUT2D eigenvalue weighted by molar-refractivity contribution is 5.79. The van der Waals surface area contributed by atoms with E-state index in [0.29, 0.717) is 12.3 Å². The highest BCUT2D eigenvalue weighted by Crippen LogP contribution is 2.03. The van der Waals surface area contributed by atoms with Crippen molar-refractivity contribution in [2.45, 2.75) is 33.6 Å². The van der Waals surface area contributed by atoms with Crippen LogP contribution < -0.4 is 0 Å². The van der Waals surface area contributed by atoms with E-state index in [9.17, 15) is 4.79 Å². The SMILES string of the molecule is CCCC(=O)C[N+](C)(CC)CC. The smallest absolute Gasteiger partial charge is 0.186 e. The zero-order valence-electron chi connectivity index (χ0n) is 8.89. The first kappa shape index (κ1) is 11.6. The largest absolute Gasteiger partial charge is 0.320 e. The van der Waals surface area contributed by atoms with Crippen LogP contribution in [0, 0.1) is 0 Å². The van der Waals surface area contributed by atoms with Crippen molar-refractivity contribution in [1.29, 1.82) is 0 Å². The molecule has 0 aliphatic carbocycles. The minimum Gasteiger partial charge on any atom is -0.320 e. The van der Waals surface area contributed by atoms with Gasteiger partial charge in [-0.15, -0.1) is 0 Å². The monoisotopic (exact) mass is 172 g/mol. The Morgan fingerprint density at radius 1 is 1.17 bits per heavy atom. The second-order valence-electron chi connectivity index (χ2n) is 3.70. The molecule has 0 spiro atoms. The standard InChI is InChI=1S/C10H22NO/c1-5-8-10(12)9-11(4,6-2)7-3/h5-9H2,1-4H3/q+1. The number of quaternary nitrogens is 1. The molecule has 0 radical (unpaired) electrons. The Labute approximate surface area is 76.2 Å². The Morgan fingerprint density at radius 3 is 2.00 bits per heavy atom. The molecule has 0 atom stereocenters. The molecule has 12 heavy (non-hydrogen) atoms. The second-order valence-corrected chi connectivity index (χ2v) is 3.70. The average molecular weight is 172 g/mol. The molecule has 72 valence electrons. The van der Waals surface area contributed by atoms with Crippen LogP contribution in [0.3, 0.4) is 0 Å². The molecule has 0 aromatic carbocycles. The van der Waals surface area contributed by atoms with Crippen molar-refractivity contribution in [3.63, 3.8) is 0 Å². The summed E-state index contributed by atoms with van der Waals surface area (Å²) >= 11 is 0. The summed E-state index contributed by atoms with van der Waals surface area (Å²) in [7, 11) is 2.15. The van der Waals surface area contributed by atoms with Crippen molar-refractivity contribution < 1.29 is 9.28 Å². The maximum Gasteiger partial charge on any atom is 0.186 e. The van der Waals surface area contributed by atoms with Gasteiger partial charge in [-0.2, -0.15) is 0 Å². The molecule has 0 rings (SSSR count). The summed E-state index contributed by atoms with van der Waals surface area (Å²) in [6.45, 7) is 9.14. The molecule has 0 fully saturated rings. The number of carbonyl (C=O) groups is 1. The van der Waals surface area contributed by atoms with Crippen molar-refractivity contribution >= 4 is 5.78 Å². The predicted molar refractivity (Wildman–Crippen MR) is 52.0 cm³/mol. The number of ketones is 1. The lowest BCUT2D eigenvalue weighted by atomic mass is 10.2. The van der Waals surface area contributed by atoms with Gasteiger partial charge in [0.25, 0.3) is 0 Å². The van der Waals surface area contributed by atoms with E-state index >= 15 is 0 Å². The van der Waals surface area contributed by atoms with Crippen LogP contribution in [0.4, 0.5) is 0 Å². The number of hydrogen-bond donors (Lipinski definition) is 0. The van der Waals surface area contributed by atoms with E-state index in [4.69, 9.17) is 0 Å². The van der Waals surface area contributed by atoms with Crippen LogP contribution in [-0.2, 0) is 4.79 Å². The van der Waals surface area contributed by atoms with Crippen LogP contribution in [0.5, 0.6) is 0 Å². The Kier molecular flexibility index (Phi) is 5.14.